The third kappa shape index (κ3) is 3.50. The zero-order chi connectivity index (χ0) is 18.7. The zero-order valence-electron chi connectivity index (χ0n) is 14.1. The Balaban J connectivity index is 2.08. The molecule has 1 aromatic carbocycles. The standard InChI is InChI=1S/C19H16ClN3O3/c1-3-26-19(25)14-9-21-18-16(14)17(22-10-23-18)13-6-4-5-12(7-13)8-15(24)11(2)20/h4-7,9-10H,2-3,8H2,1H3,(H,21,22,23). The van der Waals surface area contributed by atoms with E-state index in [4.69, 9.17) is 16.3 Å². The second-order valence-electron chi connectivity index (χ2n) is 5.57. The molecule has 0 aliphatic heterocycles. The summed E-state index contributed by atoms with van der Waals surface area (Å²) in [5.74, 6) is -0.690. The fraction of sp³-hybridized carbons (Fsp3) is 0.158. The maximum atomic E-state index is 12.2. The number of carbonyl (C=O) groups is 2. The first-order chi connectivity index (χ1) is 12.5. The molecule has 0 radical (unpaired) electrons. The number of fused-ring (bicyclic) bond motifs is 1. The lowest BCUT2D eigenvalue weighted by Gasteiger charge is -2.07. The Hall–Kier alpha value is -2.99. The van der Waals surface area contributed by atoms with Crippen molar-refractivity contribution >= 4 is 34.4 Å². The summed E-state index contributed by atoms with van der Waals surface area (Å²) in [4.78, 5) is 35.5. The Morgan fingerprint density at radius 1 is 1.31 bits per heavy atom. The number of benzene rings is 1. The number of allylic oxidation sites excluding steroid dienone is 1. The van der Waals surface area contributed by atoms with Gasteiger partial charge in [-0.25, -0.2) is 14.8 Å². The molecule has 0 spiro atoms. The fourth-order valence-electron chi connectivity index (χ4n) is 2.66. The lowest BCUT2D eigenvalue weighted by molar-refractivity contribution is -0.114. The minimum absolute atomic E-state index is 0.00457. The summed E-state index contributed by atoms with van der Waals surface area (Å²) < 4.78 is 5.10. The number of esters is 1. The van der Waals surface area contributed by atoms with Crippen molar-refractivity contribution in [2.75, 3.05) is 6.61 Å². The molecule has 0 aliphatic carbocycles. The Morgan fingerprint density at radius 2 is 2.12 bits per heavy atom. The van der Waals surface area contributed by atoms with Crippen LogP contribution >= 0.6 is 11.6 Å². The molecule has 26 heavy (non-hydrogen) atoms. The summed E-state index contributed by atoms with van der Waals surface area (Å²) >= 11 is 5.66. The van der Waals surface area contributed by atoms with E-state index in [0.717, 1.165) is 11.1 Å². The lowest BCUT2D eigenvalue weighted by atomic mass is 10.0. The van der Waals surface area contributed by atoms with Crippen molar-refractivity contribution in [3.8, 4) is 11.3 Å². The number of aromatic amines is 1. The molecule has 132 valence electrons. The van der Waals surface area contributed by atoms with Gasteiger partial charge in [0, 0.05) is 18.2 Å². The molecule has 2 aromatic heterocycles. The molecular formula is C19H16ClN3O3. The minimum atomic E-state index is -0.445. The number of hydrogen-bond acceptors (Lipinski definition) is 5. The van der Waals surface area contributed by atoms with E-state index in [-0.39, 0.29) is 23.8 Å². The highest BCUT2D eigenvalue weighted by Gasteiger charge is 2.19. The van der Waals surface area contributed by atoms with Crippen LogP contribution < -0.4 is 0 Å². The van der Waals surface area contributed by atoms with Crippen LogP contribution in [0.3, 0.4) is 0 Å². The maximum absolute atomic E-state index is 12.2. The molecule has 0 atom stereocenters. The number of ketones is 1. The van der Waals surface area contributed by atoms with Crippen molar-refractivity contribution < 1.29 is 14.3 Å². The van der Waals surface area contributed by atoms with Gasteiger partial charge in [-0.3, -0.25) is 4.79 Å². The lowest BCUT2D eigenvalue weighted by Crippen LogP contribution is -2.04. The molecule has 0 saturated carbocycles. The van der Waals surface area contributed by atoms with E-state index >= 15 is 0 Å². The fourth-order valence-corrected chi connectivity index (χ4v) is 2.73. The SMILES string of the molecule is C=C(Cl)C(=O)Cc1cccc(-c2ncnc3[nH]cc(C(=O)OCC)c23)c1. The second-order valence-corrected chi connectivity index (χ2v) is 6.03. The van der Waals surface area contributed by atoms with Crippen LogP contribution in [0.5, 0.6) is 0 Å². The van der Waals surface area contributed by atoms with Crippen LogP contribution in [-0.4, -0.2) is 33.3 Å². The monoisotopic (exact) mass is 369 g/mol. The van der Waals surface area contributed by atoms with Crippen LogP contribution in [0.4, 0.5) is 0 Å². The van der Waals surface area contributed by atoms with Crippen molar-refractivity contribution in [1.29, 1.82) is 0 Å². The van der Waals surface area contributed by atoms with E-state index in [2.05, 4.69) is 21.5 Å². The second kappa shape index (κ2) is 7.49. The van der Waals surface area contributed by atoms with E-state index in [1.54, 1.807) is 13.1 Å². The summed E-state index contributed by atoms with van der Waals surface area (Å²) in [5, 5.41) is 0.575. The van der Waals surface area contributed by atoms with Crippen LogP contribution in [0.1, 0.15) is 22.8 Å². The molecule has 7 heteroatoms. The van der Waals surface area contributed by atoms with Gasteiger partial charge >= 0.3 is 5.97 Å². The van der Waals surface area contributed by atoms with Gasteiger partial charge in [0.25, 0.3) is 0 Å². The summed E-state index contributed by atoms with van der Waals surface area (Å²) in [6.07, 6.45) is 3.12. The third-order valence-electron chi connectivity index (χ3n) is 3.83. The van der Waals surface area contributed by atoms with Gasteiger partial charge in [0.2, 0.25) is 0 Å². The average Bonchev–Trinajstić information content (AvgIpc) is 3.06. The summed E-state index contributed by atoms with van der Waals surface area (Å²) in [7, 11) is 0. The smallest absolute Gasteiger partial charge is 0.340 e. The normalized spacial score (nSPS) is 10.7. The first-order valence-corrected chi connectivity index (χ1v) is 8.35. The molecule has 3 aromatic rings. The van der Waals surface area contributed by atoms with Crippen molar-refractivity contribution in [1.82, 2.24) is 15.0 Å². The van der Waals surface area contributed by atoms with Crippen LogP contribution in [-0.2, 0) is 16.0 Å². The molecular weight excluding hydrogens is 354 g/mol. The Kier molecular flexibility index (Phi) is 5.14. The van der Waals surface area contributed by atoms with Gasteiger partial charge in [0.1, 0.15) is 12.0 Å². The quantitative estimate of drug-likeness (QED) is 0.529. The van der Waals surface area contributed by atoms with Crippen LogP contribution in [0.2, 0.25) is 0 Å². The van der Waals surface area contributed by atoms with Crippen molar-refractivity contribution in [3.05, 3.63) is 59.5 Å². The molecule has 0 saturated heterocycles. The maximum Gasteiger partial charge on any atom is 0.340 e. The van der Waals surface area contributed by atoms with E-state index < -0.39 is 5.97 Å². The molecule has 0 aliphatic rings. The van der Waals surface area contributed by atoms with Crippen molar-refractivity contribution in [2.24, 2.45) is 0 Å². The molecule has 0 amide bonds. The van der Waals surface area contributed by atoms with Gasteiger partial charge in [-0.05, 0) is 18.6 Å². The number of hydrogen-bond donors (Lipinski definition) is 1. The van der Waals surface area contributed by atoms with E-state index in [9.17, 15) is 9.59 Å². The number of carbonyl (C=O) groups excluding carboxylic acids is 2. The molecule has 0 unspecified atom stereocenters. The van der Waals surface area contributed by atoms with E-state index in [0.29, 0.717) is 22.3 Å². The zero-order valence-corrected chi connectivity index (χ0v) is 14.8. The number of Topliss-reactive ketones (excluding diaryl/α,β-unsaturated/α-hetero) is 1. The Bertz CT molecular complexity index is 1010. The number of ether oxygens (including phenoxy) is 1. The van der Waals surface area contributed by atoms with Gasteiger partial charge in [-0.2, -0.15) is 0 Å². The molecule has 3 rings (SSSR count). The van der Waals surface area contributed by atoms with Gasteiger partial charge in [0.05, 0.1) is 28.3 Å². The largest absolute Gasteiger partial charge is 0.462 e. The van der Waals surface area contributed by atoms with Crippen LogP contribution in [0.15, 0.2) is 48.4 Å². The number of H-pyrrole nitrogens is 1. The number of nitrogens with one attached hydrogen (secondary N) is 1. The first-order valence-electron chi connectivity index (χ1n) is 7.97. The Labute approximate surface area is 154 Å². The van der Waals surface area contributed by atoms with E-state index in [1.807, 2.05) is 24.3 Å². The summed E-state index contributed by atoms with van der Waals surface area (Å²) in [6, 6.07) is 7.33. The van der Waals surface area contributed by atoms with E-state index in [1.165, 1.54) is 6.33 Å². The predicted octanol–water partition coefficient (Wildman–Crippen LogP) is 3.67. The van der Waals surface area contributed by atoms with Gasteiger partial charge < -0.3 is 9.72 Å². The highest BCUT2D eigenvalue weighted by atomic mass is 35.5. The minimum Gasteiger partial charge on any atom is -0.462 e. The number of nitrogens with zero attached hydrogens (tertiary/aromatic N) is 2. The van der Waals surface area contributed by atoms with Crippen molar-refractivity contribution in [3.63, 3.8) is 0 Å². The van der Waals surface area contributed by atoms with Gasteiger partial charge in [-0.15, -0.1) is 0 Å². The van der Waals surface area contributed by atoms with Gasteiger partial charge in [-0.1, -0.05) is 36.4 Å². The van der Waals surface area contributed by atoms with Crippen molar-refractivity contribution in [2.45, 2.75) is 13.3 Å². The molecule has 1 N–H and O–H groups in total. The highest BCUT2D eigenvalue weighted by Crippen LogP contribution is 2.29. The molecule has 6 nitrogen and oxygen atoms in total. The van der Waals surface area contributed by atoms with Crippen LogP contribution in [0, 0.1) is 0 Å². The summed E-state index contributed by atoms with van der Waals surface area (Å²) in [6.45, 7) is 5.47. The van der Waals surface area contributed by atoms with Gasteiger partial charge in [0.15, 0.2) is 5.78 Å². The molecule has 2 heterocycles. The number of aromatic nitrogens is 3. The number of halogens is 1. The first kappa shape index (κ1) is 17.8. The third-order valence-corrected chi connectivity index (χ3v) is 4.04. The average molecular weight is 370 g/mol. The highest BCUT2D eigenvalue weighted by molar-refractivity contribution is 6.42. The topological polar surface area (TPSA) is 84.9 Å². The number of rotatable bonds is 6. The predicted molar refractivity (Wildman–Crippen MR) is 99.0 cm³/mol. The molecule has 0 bridgehead atoms. The molecule has 0 fully saturated rings. The van der Waals surface area contributed by atoms with Crippen LogP contribution in [0.25, 0.3) is 22.3 Å². The Morgan fingerprint density at radius 3 is 2.85 bits per heavy atom. The summed E-state index contributed by atoms with van der Waals surface area (Å²) in [5.41, 5.74) is 3.02.